The molecule has 0 aliphatic carbocycles. The molecule has 2 aromatic rings. The van der Waals surface area contributed by atoms with Crippen LogP contribution in [0.2, 0.25) is 0 Å². The minimum absolute atomic E-state index is 0.0106. The molecule has 0 radical (unpaired) electrons. The molecule has 0 saturated carbocycles. The second kappa shape index (κ2) is 7.16. The second-order valence-electron chi connectivity index (χ2n) is 4.42. The van der Waals surface area contributed by atoms with Gasteiger partial charge in [-0.05, 0) is 32.0 Å². The van der Waals surface area contributed by atoms with E-state index in [0.29, 0.717) is 18.1 Å². The zero-order chi connectivity index (χ0) is 15.9. The Morgan fingerprint density at radius 3 is 2.95 bits per heavy atom. The molecule has 114 valence electrons. The van der Waals surface area contributed by atoms with Crippen LogP contribution < -0.4 is 15.9 Å². The largest absolute Gasteiger partial charge is 0.493 e. The summed E-state index contributed by atoms with van der Waals surface area (Å²) < 4.78 is 5.45. The monoisotopic (exact) mass is 300 g/mol. The quantitative estimate of drug-likeness (QED) is 0.641. The molecule has 0 spiro atoms. The molecule has 0 aliphatic rings. The summed E-state index contributed by atoms with van der Waals surface area (Å²) >= 11 is 0. The number of carbonyl (C=O) groups excluding carboxylic acids is 1. The summed E-state index contributed by atoms with van der Waals surface area (Å²) in [6.07, 6.45) is 1.48. The number of benzene rings is 1. The number of aryl methyl sites for hydroxylation is 1. The van der Waals surface area contributed by atoms with Crippen molar-refractivity contribution in [3.05, 3.63) is 57.8 Å². The van der Waals surface area contributed by atoms with Gasteiger partial charge in [-0.25, -0.2) is 10.2 Å². The molecule has 2 N–H and O–H groups in total. The van der Waals surface area contributed by atoms with Crippen molar-refractivity contribution in [3.63, 3.8) is 0 Å². The maximum atomic E-state index is 11.9. The van der Waals surface area contributed by atoms with Crippen molar-refractivity contribution in [2.45, 2.75) is 13.8 Å². The summed E-state index contributed by atoms with van der Waals surface area (Å²) in [5, 5.41) is 3.86. The van der Waals surface area contributed by atoms with Gasteiger partial charge < -0.3 is 9.72 Å². The highest BCUT2D eigenvalue weighted by atomic mass is 16.5. The standard InChI is InChI=1S/C15H16N4O3/c1-3-22-13-7-5-4-6-11(13)9-16-19-14(20)12-8-10(2)17-15(21)18-12/h4-9H,3H2,1-2H3,(H,19,20)(H,17,18,21)/b16-9+. The van der Waals surface area contributed by atoms with Crippen LogP contribution in [0.4, 0.5) is 0 Å². The number of para-hydroxylation sites is 1. The molecule has 0 fully saturated rings. The molecule has 0 saturated heterocycles. The predicted molar refractivity (Wildman–Crippen MR) is 82.3 cm³/mol. The Kier molecular flexibility index (Phi) is 5.02. The van der Waals surface area contributed by atoms with E-state index in [9.17, 15) is 9.59 Å². The fourth-order valence-electron chi connectivity index (χ4n) is 1.79. The van der Waals surface area contributed by atoms with Gasteiger partial charge in [-0.2, -0.15) is 10.1 Å². The first kappa shape index (κ1) is 15.4. The van der Waals surface area contributed by atoms with E-state index in [0.717, 1.165) is 5.56 Å². The number of nitrogens with one attached hydrogen (secondary N) is 2. The van der Waals surface area contributed by atoms with Gasteiger partial charge in [0.1, 0.15) is 11.4 Å². The molecule has 0 bridgehead atoms. The van der Waals surface area contributed by atoms with Crippen LogP contribution >= 0.6 is 0 Å². The van der Waals surface area contributed by atoms with Crippen LogP contribution in [0.25, 0.3) is 0 Å². The lowest BCUT2D eigenvalue weighted by molar-refractivity contribution is 0.0949. The van der Waals surface area contributed by atoms with Gasteiger partial charge in [0.2, 0.25) is 0 Å². The smallest absolute Gasteiger partial charge is 0.345 e. The first-order valence-electron chi connectivity index (χ1n) is 6.73. The number of H-pyrrole nitrogens is 1. The number of hydrogen-bond donors (Lipinski definition) is 2. The molecule has 1 heterocycles. The van der Waals surface area contributed by atoms with Crippen LogP contribution in [-0.2, 0) is 0 Å². The van der Waals surface area contributed by atoms with Crippen LogP contribution in [0, 0.1) is 6.92 Å². The molecule has 7 heteroatoms. The van der Waals surface area contributed by atoms with E-state index < -0.39 is 11.6 Å². The summed E-state index contributed by atoms with van der Waals surface area (Å²) in [4.78, 5) is 29.2. The van der Waals surface area contributed by atoms with E-state index in [1.807, 2.05) is 31.2 Å². The minimum atomic E-state index is -0.573. The predicted octanol–water partition coefficient (Wildman–Crippen LogP) is 1.24. The number of carbonyl (C=O) groups is 1. The van der Waals surface area contributed by atoms with Gasteiger partial charge >= 0.3 is 5.69 Å². The van der Waals surface area contributed by atoms with Crippen molar-refractivity contribution in [2.24, 2.45) is 5.10 Å². The SMILES string of the molecule is CCOc1ccccc1/C=N/NC(=O)c1cc(C)[nH]c(=O)n1. The third-order valence-electron chi connectivity index (χ3n) is 2.70. The molecule has 22 heavy (non-hydrogen) atoms. The number of hydrazone groups is 1. The molecular formula is C15H16N4O3. The fourth-order valence-corrected chi connectivity index (χ4v) is 1.79. The number of aromatic nitrogens is 2. The van der Waals surface area contributed by atoms with Crippen molar-refractivity contribution in [1.82, 2.24) is 15.4 Å². The van der Waals surface area contributed by atoms with Crippen molar-refractivity contribution >= 4 is 12.1 Å². The van der Waals surface area contributed by atoms with Gasteiger partial charge in [-0.15, -0.1) is 0 Å². The van der Waals surface area contributed by atoms with Crippen LogP contribution in [0.3, 0.4) is 0 Å². The third kappa shape index (κ3) is 4.02. The lowest BCUT2D eigenvalue weighted by Gasteiger charge is -2.05. The zero-order valence-corrected chi connectivity index (χ0v) is 12.3. The number of aromatic amines is 1. The lowest BCUT2D eigenvalue weighted by Crippen LogP contribution is -2.24. The third-order valence-corrected chi connectivity index (χ3v) is 2.70. The van der Waals surface area contributed by atoms with Crippen molar-refractivity contribution in [3.8, 4) is 5.75 Å². The van der Waals surface area contributed by atoms with E-state index in [2.05, 4.69) is 20.5 Å². The van der Waals surface area contributed by atoms with Gasteiger partial charge in [0.05, 0.1) is 12.8 Å². The molecule has 0 unspecified atom stereocenters. The fraction of sp³-hybridized carbons (Fsp3) is 0.200. The Bertz CT molecular complexity index is 752. The Morgan fingerprint density at radius 2 is 2.23 bits per heavy atom. The Hall–Kier alpha value is -2.96. The van der Waals surface area contributed by atoms with E-state index in [1.54, 1.807) is 6.92 Å². The summed E-state index contributed by atoms with van der Waals surface area (Å²) in [6.45, 7) is 4.09. The normalized spacial score (nSPS) is 10.6. The Morgan fingerprint density at radius 1 is 1.45 bits per heavy atom. The maximum absolute atomic E-state index is 11.9. The summed E-state index contributed by atoms with van der Waals surface area (Å²) in [5.74, 6) is 0.118. The van der Waals surface area contributed by atoms with Gasteiger partial charge in [0.25, 0.3) is 5.91 Å². The Labute approximate surface area is 127 Å². The molecular weight excluding hydrogens is 284 g/mol. The van der Waals surface area contributed by atoms with Crippen LogP contribution in [0.15, 0.2) is 40.2 Å². The lowest BCUT2D eigenvalue weighted by atomic mass is 10.2. The molecule has 0 atom stereocenters. The summed E-state index contributed by atoms with van der Waals surface area (Å²) in [5.41, 5.74) is 3.06. The number of rotatable bonds is 5. The average Bonchev–Trinajstić information content (AvgIpc) is 2.48. The number of nitrogens with zero attached hydrogens (tertiary/aromatic N) is 2. The highest BCUT2D eigenvalue weighted by Gasteiger charge is 2.07. The highest BCUT2D eigenvalue weighted by Crippen LogP contribution is 2.15. The van der Waals surface area contributed by atoms with Gasteiger partial charge in [-0.1, -0.05) is 12.1 Å². The van der Waals surface area contributed by atoms with Crippen molar-refractivity contribution in [1.29, 1.82) is 0 Å². The molecule has 2 rings (SSSR count). The van der Waals surface area contributed by atoms with E-state index >= 15 is 0 Å². The van der Waals surface area contributed by atoms with Gasteiger partial charge in [0, 0.05) is 11.3 Å². The first-order valence-corrected chi connectivity index (χ1v) is 6.73. The van der Waals surface area contributed by atoms with Crippen molar-refractivity contribution < 1.29 is 9.53 Å². The van der Waals surface area contributed by atoms with Crippen LogP contribution in [-0.4, -0.2) is 28.7 Å². The van der Waals surface area contributed by atoms with E-state index in [-0.39, 0.29) is 5.69 Å². The zero-order valence-electron chi connectivity index (χ0n) is 12.3. The van der Waals surface area contributed by atoms with Crippen LogP contribution in [0.5, 0.6) is 5.75 Å². The van der Waals surface area contributed by atoms with Gasteiger partial charge in [0.15, 0.2) is 0 Å². The summed E-state index contributed by atoms with van der Waals surface area (Å²) in [7, 11) is 0. The number of ether oxygens (including phenoxy) is 1. The first-order chi connectivity index (χ1) is 10.6. The average molecular weight is 300 g/mol. The highest BCUT2D eigenvalue weighted by molar-refractivity contribution is 5.93. The molecule has 7 nitrogen and oxygen atoms in total. The summed E-state index contributed by atoms with van der Waals surface area (Å²) in [6, 6.07) is 8.79. The Balaban J connectivity index is 2.09. The van der Waals surface area contributed by atoms with Crippen molar-refractivity contribution in [2.75, 3.05) is 6.61 Å². The van der Waals surface area contributed by atoms with E-state index in [1.165, 1.54) is 12.3 Å². The van der Waals surface area contributed by atoms with Crippen LogP contribution in [0.1, 0.15) is 28.7 Å². The maximum Gasteiger partial charge on any atom is 0.345 e. The molecule has 1 amide bonds. The molecule has 0 aliphatic heterocycles. The number of amides is 1. The van der Waals surface area contributed by atoms with Gasteiger partial charge in [-0.3, -0.25) is 4.79 Å². The molecule has 1 aromatic heterocycles. The molecule has 1 aromatic carbocycles. The second-order valence-corrected chi connectivity index (χ2v) is 4.42. The topological polar surface area (TPSA) is 96.4 Å². The minimum Gasteiger partial charge on any atom is -0.493 e. The van der Waals surface area contributed by atoms with E-state index in [4.69, 9.17) is 4.74 Å². The number of hydrogen-bond acceptors (Lipinski definition) is 5.